The summed E-state index contributed by atoms with van der Waals surface area (Å²) in [6.07, 6.45) is 0.754. The molecule has 0 unspecified atom stereocenters. The molecule has 0 radical (unpaired) electrons. The molecule has 5 heteroatoms. The van der Waals surface area contributed by atoms with Crippen molar-refractivity contribution in [2.24, 2.45) is 0 Å². The lowest BCUT2D eigenvalue weighted by molar-refractivity contribution is 0.252. The summed E-state index contributed by atoms with van der Waals surface area (Å²) in [5, 5.41) is 5.39. The van der Waals surface area contributed by atoms with Crippen molar-refractivity contribution in [2.75, 3.05) is 11.9 Å². The molecule has 0 spiro atoms. The highest BCUT2D eigenvalue weighted by Gasteiger charge is 2.01. The lowest BCUT2D eigenvalue weighted by Gasteiger charge is -2.07. The van der Waals surface area contributed by atoms with Gasteiger partial charge in [0.15, 0.2) is 0 Å². The van der Waals surface area contributed by atoms with Crippen LogP contribution >= 0.6 is 15.9 Å². The molecule has 0 aliphatic heterocycles. The van der Waals surface area contributed by atoms with Crippen LogP contribution in [0.25, 0.3) is 0 Å². The number of carbonyl (C=O) groups is 1. The van der Waals surface area contributed by atoms with Gasteiger partial charge < -0.3 is 10.6 Å². The second-order valence-electron chi connectivity index (χ2n) is 4.26. The monoisotopic (exact) mass is 336 g/mol. The fourth-order valence-corrected chi connectivity index (χ4v) is 1.94. The maximum absolute atomic E-state index is 12.7. The van der Waals surface area contributed by atoms with Crippen LogP contribution in [0, 0.1) is 5.82 Å². The minimum atomic E-state index is -0.328. The number of hydrogen-bond acceptors (Lipinski definition) is 1. The van der Waals surface area contributed by atoms with E-state index in [1.165, 1.54) is 24.3 Å². The van der Waals surface area contributed by atoms with Crippen molar-refractivity contribution in [1.82, 2.24) is 5.32 Å². The average Bonchev–Trinajstić information content (AvgIpc) is 2.44. The van der Waals surface area contributed by atoms with Crippen LogP contribution in [0.1, 0.15) is 5.56 Å². The Balaban J connectivity index is 1.75. The summed E-state index contributed by atoms with van der Waals surface area (Å²) >= 11 is 3.37. The molecule has 2 rings (SSSR count). The SMILES string of the molecule is O=C(NCCc1ccc(Br)cc1)Nc1ccc(F)cc1. The summed E-state index contributed by atoms with van der Waals surface area (Å²) in [6.45, 7) is 0.536. The number of hydrogen-bond donors (Lipinski definition) is 2. The number of rotatable bonds is 4. The third-order valence-corrected chi connectivity index (χ3v) is 3.24. The second kappa shape index (κ2) is 7.05. The number of benzene rings is 2. The van der Waals surface area contributed by atoms with E-state index in [1.54, 1.807) is 0 Å². The number of halogens is 2. The summed E-state index contributed by atoms with van der Waals surface area (Å²) in [7, 11) is 0. The molecule has 0 aromatic heterocycles. The Bertz CT molecular complexity index is 569. The van der Waals surface area contributed by atoms with Gasteiger partial charge in [0.25, 0.3) is 0 Å². The van der Waals surface area contributed by atoms with Gasteiger partial charge in [-0.05, 0) is 48.4 Å². The molecule has 0 fully saturated rings. The van der Waals surface area contributed by atoms with Crippen LogP contribution in [-0.4, -0.2) is 12.6 Å². The minimum Gasteiger partial charge on any atom is -0.338 e. The molecule has 0 atom stereocenters. The summed E-state index contributed by atoms with van der Waals surface area (Å²) < 4.78 is 13.7. The Labute approximate surface area is 125 Å². The van der Waals surface area contributed by atoms with E-state index in [0.717, 1.165) is 16.5 Å². The van der Waals surface area contributed by atoms with Gasteiger partial charge in [0.1, 0.15) is 5.82 Å². The molecule has 104 valence electrons. The molecule has 2 amide bonds. The van der Waals surface area contributed by atoms with Crippen molar-refractivity contribution in [3.8, 4) is 0 Å². The van der Waals surface area contributed by atoms with Crippen molar-refractivity contribution in [3.63, 3.8) is 0 Å². The van der Waals surface area contributed by atoms with E-state index in [-0.39, 0.29) is 11.8 Å². The van der Waals surface area contributed by atoms with E-state index in [9.17, 15) is 9.18 Å². The topological polar surface area (TPSA) is 41.1 Å². The second-order valence-corrected chi connectivity index (χ2v) is 5.18. The Morgan fingerprint density at radius 3 is 2.35 bits per heavy atom. The Kier molecular flexibility index (Phi) is 5.12. The van der Waals surface area contributed by atoms with Gasteiger partial charge in [-0.3, -0.25) is 0 Å². The molecule has 0 aliphatic carbocycles. The zero-order valence-corrected chi connectivity index (χ0v) is 12.3. The van der Waals surface area contributed by atoms with Crippen LogP contribution < -0.4 is 10.6 Å². The first kappa shape index (κ1) is 14.5. The fraction of sp³-hybridized carbons (Fsp3) is 0.133. The maximum atomic E-state index is 12.7. The molecular formula is C15H14BrFN2O. The zero-order chi connectivity index (χ0) is 14.4. The normalized spacial score (nSPS) is 10.1. The number of urea groups is 1. The number of nitrogens with one attached hydrogen (secondary N) is 2. The Morgan fingerprint density at radius 1 is 1.05 bits per heavy atom. The fourth-order valence-electron chi connectivity index (χ4n) is 1.68. The van der Waals surface area contributed by atoms with Crippen molar-refractivity contribution >= 4 is 27.6 Å². The first-order chi connectivity index (χ1) is 9.63. The molecule has 2 N–H and O–H groups in total. The van der Waals surface area contributed by atoms with E-state index >= 15 is 0 Å². The maximum Gasteiger partial charge on any atom is 0.319 e. The molecule has 0 saturated heterocycles. The van der Waals surface area contributed by atoms with Gasteiger partial charge in [-0.15, -0.1) is 0 Å². The van der Waals surface area contributed by atoms with Gasteiger partial charge in [0, 0.05) is 16.7 Å². The van der Waals surface area contributed by atoms with Crippen molar-refractivity contribution in [2.45, 2.75) is 6.42 Å². The van der Waals surface area contributed by atoms with Gasteiger partial charge in [-0.1, -0.05) is 28.1 Å². The Hall–Kier alpha value is -1.88. The molecule has 2 aromatic carbocycles. The molecule has 0 saturated carbocycles. The van der Waals surface area contributed by atoms with Crippen LogP contribution in [0.4, 0.5) is 14.9 Å². The quantitative estimate of drug-likeness (QED) is 0.871. The van der Waals surface area contributed by atoms with E-state index in [0.29, 0.717) is 12.2 Å². The first-order valence-electron chi connectivity index (χ1n) is 6.18. The largest absolute Gasteiger partial charge is 0.338 e. The summed E-state index contributed by atoms with van der Waals surface area (Å²) in [5.41, 5.74) is 1.71. The summed E-state index contributed by atoms with van der Waals surface area (Å²) in [4.78, 5) is 11.6. The van der Waals surface area contributed by atoms with Crippen LogP contribution in [0.15, 0.2) is 53.0 Å². The molecule has 0 aliphatic rings. The summed E-state index contributed by atoms with van der Waals surface area (Å²) in [5.74, 6) is -0.328. The van der Waals surface area contributed by atoms with Crippen molar-refractivity contribution in [3.05, 3.63) is 64.4 Å². The molecule has 0 bridgehead atoms. The van der Waals surface area contributed by atoms with Crippen LogP contribution in [0.2, 0.25) is 0 Å². The number of carbonyl (C=O) groups excluding carboxylic acids is 1. The minimum absolute atomic E-state index is 0.297. The van der Waals surface area contributed by atoms with E-state index in [4.69, 9.17) is 0 Å². The lowest BCUT2D eigenvalue weighted by Crippen LogP contribution is -2.30. The summed E-state index contributed by atoms with van der Waals surface area (Å²) in [6, 6.07) is 13.3. The predicted octanol–water partition coefficient (Wildman–Crippen LogP) is 3.95. The molecule has 2 aromatic rings. The lowest BCUT2D eigenvalue weighted by atomic mass is 10.1. The molecule has 20 heavy (non-hydrogen) atoms. The van der Waals surface area contributed by atoms with Crippen LogP contribution in [-0.2, 0) is 6.42 Å². The third kappa shape index (κ3) is 4.66. The number of anilines is 1. The predicted molar refractivity (Wildman–Crippen MR) is 81.3 cm³/mol. The van der Waals surface area contributed by atoms with E-state index < -0.39 is 0 Å². The highest BCUT2D eigenvalue weighted by Crippen LogP contribution is 2.10. The molecule has 3 nitrogen and oxygen atoms in total. The average molecular weight is 337 g/mol. The van der Waals surface area contributed by atoms with Gasteiger partial charge in [0.2, 0.25) is 0 Å². The van der Waals surface area contributed by atoms with Crippen LogP contribution in [0.5, 0.6) is 0 Å². The Morgan fingerprint density at radius 2 is 1.70 bits per heavy atom. The van der Waals surface area contributed by atoms with E-state index in [1.807, 2.05) is 24.3 Å². The van der Waals surface area contributed by atoms with Gasteiger partial charge in [-0.25, -0.2) is 9.18 Å². The van der Waals surface area contributed by atoms with E-state index in [2.05, 4.69) is 26.6 Å². The first-order valence-corrected chi connectivity index (χ1v) is 6.97. The molecular weight excluding hydrogens is 323 g/mol. The smallest absolute Gasteiger partial charge is 0.319 e. The van der Waals surface area contributed by atoms with Crippen LogP contribution in [0.3, 0.4) is 0 Å². The van der Waals surface area contributed by atoms with Gasteiger partial charge >= 0.3 is 6.03 Å². The van der Waals surface area contributed by atoms with Gasteiger partial charge in [-0.2, -0.15) is 0 Å². The highest BCUT2D eigenvalue weighted by molar-refractivity contribution is 9.10. The number of amides is 2. The third-order valence-electron chi connectivity index (χ3n) is 2.71. The van der Waals surface area contributed by atoms with Crippen molar-refractivity contribution in [1.29, 1.82) is 0 Å². The zero-order valence-electron chi connectivity index (χ0n) is 10.7. The molecule has 0 heterocycles. The van der Waals surface area contributed by atoms with Crippen molar-refractivity contribution < 1.29 is 9.18 Å². The standard InChI is InChI=1S/C15H14BrFN2O/c16-12-3-1-11(2-4-12)9-10-18-15(20)19-14-7-5-13(17)6-8-14/h1-8H,9-10H2,(H2,18,19,20). The highest BCUT2D eigenvalue weighted by atomic mass is 79.9. The van der Waals surface area contributed by atoms with Gasteiger partial charge in [0.05, 0.1) is 0 Å².